The molecule has 25 heavy (non-hydrogen) atoms. The van der Waals surface area contributed by atoms with Crippen LogP contribution < -0.4 is 14.2 Å². The summed E-state index contributed by atoms with van der Waals surface area (Å²) in [5.41, 5.74) is 1.25. The van der Waals surface area contributed by atoms with Crippen molar-refractivity contribution in [3.8, 4) is 17.2 Å². The lowest BCUT2D eigenvalue weighted by Gasteiger charge is -2.19. The van der Waals surface area contributed by atoms with Crippen molar-refractivity contribution in [2.24, 2.45) is 0 Å². The Morgan fingerprint density at radius 1 is 0.920 bits per heavy atom. The highest BCUT2D eigenvalue weighted by molar-refractivity contribution is 5.43. The normalized spacial score (nSPS) is 13.1. The quantitative estimate of drug-likeness (QED) is 0.447. The molecule has 0 fully saturated rings. The smallest absolute Gasteiger partial charge is 0.197 e. The van der Waals surface area contributed by atoms with E-state index in [4.69, 9.17) is 18.9 Å². The van der Waals surface area contributed by atoms with Crippen LogP contribution in [0.5, 0.6) is 17.2 Å². The molecule has 0 radical (unpaired) electrons. The predicted octanol–water partition coefficient (Wildman–Crippen LogP) is 5.03. The van der Waals surface area contributed by atoms with Crippen molar-refractivity contribution >= 4 is 0 Å². The summed E-state index contributed by atoms with van der Waals surface area (Å²) in [6.45, 7) is 7.17. The molecule has 2 atom stereocenters. The van der Waals surface area contributed by atoms with Crippen LogP contribution in [-0.4, -0.2) is 26.6 Å². The van der Waals surface area contributed by atoms with Crippen molar-refractivity contribution in [3.63, 3.8) is 0 Å². The fraction of sp³-hybridized carbons (Fsp3) is 0.429. The van der Waals surface area contributed by atoms with Gasteiger partial charge in [-0.25, -0.2) is 0 Å². The Morgan fingerprint density at radius 2 is 1.68 bits per heavy atom. The highest BCUT2D eigenvalue weighted by Crippen LogP contribution is 2.32. The molecule has 0 aliphatic rings. The third kappa shape index (κ3) is 5.98. The van der Waals surface area contributed by atoms with Crippen LogP contribution >= 0.6 is 0 Å². The van der Waals surface area contributed by atoms with Crippen LogP contribution in [0.1, 0.15) is 38.7 Å². The van der Waals surface area contributed by atoms with Gasteiger partial charge in [-0.15, -0.1) is 0 Å². The Morgan fingerprint density at radius 3 is 2.36 bits per heavy atom. The molecule has 0 saturated heterocycles. The molecule has 4 heteroatoms. The van der Waals surface area contributed by atoms with Gasteiger partial charge in [0, 0.05) is 0 Å². The van der Waals surface area contributed by atoms with Crippen molar-refractivity contribution in [1.82, 2.24) is 0 Å². The molecule has 2 unspecified atom stereocenters. The van der Waals surface area contributed by atoms with Crippen molar-refractivity contribution in [2.75, 3.05) is 20.3 Å². The number of hydrogen-bond donors (Lipinski definition) is 0. The van der Waals surface area contributed by atoms with Crippen LogP contribution in [0.3, 0.4) is 0 Å². The maximum Gasteiger partial charge on any atom is 0.197 e. The van der Waals surface area contributed by atoms with Crippen molar-refractivity contribution in [3.05, 3.63) is 54.1 Å². The molecule has 0 amide bonds. The Kier molecular flexibility index (Phi) is 7.61. The minimum atomic E-state index is -0.386. The molecule has 0 saturated carbocycles. The Bertz CT molecular complexity index is 627. The molecule has 0 aromatic heterocycles. The molecule has 2 rings (SSSR count). The summed E-state index contributed by atoms with van der Waals surface area (Å²) < 4.78 is 22.6. The van der Waals surface area contributed by atoms with Crippen molar-refractivity contribution < 1.29 is 18.9 Å². The summed E-state index contributed by atoms with van der Waals surface area (Å²) in [4.78, 5) is 0. The third-order valence-corrected chi connectivity index (χ3v) is 4.11. The van der Waals surface area contributed by atoms with E-state index in [0.29, 0.717) is 24.9 Å². The van der Waals surface area contributed by atoms with Crippen LogP contribution in [0.4, 0.5) is 0 Å². The highest BCUT2D eigenvalue weighted by Gasteiger charge is 2.12. The highest BCUT2D eigenvalue weighted by atomic mass is 16.7. The minimum Gasteiger partial charge on any atom is -0.493 e. The first-order valence-electron chi connectivity index (χ1n) is 8.78. The summed E-state index contributed by atoms with van der Waals surface area (Å²) in [5, 5.41) is 0. The zero-order valence-electron chi connectivity index (χ0n) is 15.5. The fourth-order valence-electron chi connectivity index (χ4n) is 2.43. The number of rotatable bonds is 10. The first-order valence-corrected chi connectivity index (χ1v) is 8.78. The molecule has 0 aliphatic carbocycles. The van der Waals surface area contributed by atoms with Crippen LogP contribution in [0.15, 0.2) is 48.5 Å². The Balaban J connectivity index is 1.82. The zero-order valence-corrected chi connectivity index (χ0v) is 15.5. The van der Waals surface area contributed by atoms with Crippen LogP contribution in [0.2, 0.25) is 0 Å². The van der Waals surface area contributed by atoms with Gasteiger partial charge in [-0.3, -0.25) is 0 Å². The van der Waals surface area contributed by atoms with Gasteiger partial charge in [0.05, 0.1) is 13.7 Å². The van der Waals surface area contributed by atoms with E-state index in [2.05, 4.69) is 19.9 Å². The molecule has 0 heterocycles. The van der Waals surface area contributed by atoms with Gasteiger partial charge >= 0.3 is 0 Å². The molecule has 0 spiro atoms. The SMILES string of the molecule is CCC(C)c1ccc(OC(C)OCCOc2ccccc2)c(OC)c1. The van der Waals surface area contributed by atoms with Gasteiger partial charge in [0.2, 0.25) is 0 Å². The second-order valence-corrected chi connectivity index (χ2v) is 5.94. The summed E-state index contributed by atoms with van der Waals surface area (Å²) >= 11 is 0. The molecule has 2 aromatic carbocycles. The van der Waals surface area contributed by atoms with E-state index in [1.807, 2.05) is 49.4 Å². The summed E-state index contributed by atoms with van der Waals surface area (Å²) in [7, 11) is 1.65. The largest absolute Gasteiger partial charge is 0.493 e. The van der Waals surface area contributed by atoms with Gasteiger partial charge in [0.15, 0.2) is 17.8 Å². The third-order valence-electron chi connectivity index (χ3n) is 4.11. The molecule has 0 N–H and O–H groups in total. The number of hydrogen-bond acceptors (Lipinski definition) is 4. The molecule has 2 aromatic rings. The van der Waals surface area contributed by atoms with Gasteiger partial charge in [-0.05, 0) is 49.1 Å². The molecule has 136 valence electrons. The lowest BCUT2D eigenvalue weighted by molar-refractivity contribution is -0.0748. The monoisotopic (exact) mass is 344 g/mol. The topological polar surface area (TPSA) is 36.9 Å². The summed E-state index contributed by atoms with van der Waals surface area (Å²) in [6, 6.07) is 15.7. The standard InChI is InChI=1S/C21H28O4/c1-5-16(2)18-11-12-20(21(15-18)22-4)25-17(3)23-13-14-24-19-9-7-6-8-10-19/h6-12,15-17H,5,13-14H2,1-4H3. The number of para-hydroxylation sites is 1. The summed E-state index contributed by atoms with van der Waals surface area (Å²) in [5.74, 6) is 2.74. The maximum atomic E-state index is 5.85. The van der Waals surface area contributed by atoms with Crippen molar-refractivity contribution in [2.45, 2.75) is 39.4 Å². The molecular formula is C21H28O4. The average Bonchev–Trinajstić information content (AvgIpc) is 2.65. The first kappa shape index (κ1) is 19.1. The van der Waals surface area contributed by atoms with Crippen molar-refractivity contribution in [1.29, 1.82) is 0 Å². The van der Waals surface area contributed by atoms with Gasteiger partial charge in [-0.2, -0.15) is 0 Å². The van der Waals surface area contributed by atoms with Crippen LogP contribution in [-0.2, 0) is 4.74 Å². The van der Waals surface area contributed by atoms with E-state index in [-0.39, 0.29) is 6.29 Å². The second kappa shape index (κ2) is 9.94. The molecule has 0 aliphatic heterocycles. The zero-order chi connectivity index (χ0) is 18.1. The number of ether oxygens (including phenoxy) is 4. The van der Waals surface area contributed by atoms with Crippen LogP contribution in [0, 0.1) is 0 Å². The first-order chi connectivity index (χ1) is 12.1. The number of benzene rings is 2. The van der Waals surface area contributed by atoms with E-state index < -0.39 is 0 Å². The maximum absolute atomic E-state index is 5.85. The van der Waals surface area contributed by atoms with E-state index in [9.17, 15) is 0 Å². The predicted molar refractivity (Wildman–Crippen MR) is 99.7 cm³/mol. The van der Waals surface area contributed by atoms with E-state index in [0.717, 1.165) is 17.9 Å². The lowest BCUT2D eigenvalue weighted by Crippen LogP contribution is -2.20. The average molecular weight is 344 g/mol. The fourth-order valence-corrected chi connectivity index (χ4v) is 2.43. The second-order valence-electron chi connectivity index (χ2n) is 5.94. The minimum absolute atomic E-state index is 0.386. The van der Waals surface area contributed by atoms with E-state index >= 15 is 0 Å². The van der Waals surface area contributed by atoms with Gasteiger partial charge in [0.1, 0.15) is 12.4 Å². The molecule has 4 nitrogen and oxygen atoms in total. The molecule has 0 bridgehead atoms. The van der Waals surface area contributed by atoms with Gasteiger partial charge < -0.3 is 18.9 Å². The number of methoxy groups -OCH3 is 1. The van der Waals surface area contributed by atoms with Gasteiger partial charge in [0.25, 0.3) is 0 Å². The van der Waals surface area contributed by atoms with E-state index in [1.165, 1.54) is 5.56 Å². The van der Waals surface area contributed by atoms with Gasteiger partial charge in [-0.1, -0.05) is 38.1 Å². The Labute approximate surface area is 150 Å². The summed E-state index contributed by atoms with van der Waals surface area (Å²) in [6.07, 6.45) is 0.701. The lowest BCUT2D eigenvalue weighted by atomic mass is 9.98. The molecular weight excluding hydrogens is 316 g/mol. The van der Waals surface area contributed by atoms with Crippen LogP contribution in [0.25, 0.3) is 0 Å². The van der Waals surface area contributed by atoms with E-state index in [1.54, 1.807) is 7.11 Å². The Hall–Kier alpha value is -2.20.